The topological polar surface area (TPSA) is 79.9 Å². The van der Waals surface area contributed by atoms with Gasteiger partial charge in [-0.2, -0.15) is 0 Å². The number of carbonyl (C=O) groups excluding carboxylic acids is 1. The Hall–Kier alpha value is -4.74. The Balaban J connectivity index is 1.10. The number of nitrogens with one attached hydrogen (secondary N) is 1. The van der Waals surface area contributed by atoms with Crippen molar-refractivity contribution in [3.63, 3.8) is 0 Å². The highest BCUT2D eigenvalue weighted by Gasteiger charge is 2.53. The van der Waals surface area contributed by atoms with Gasteiger partial charge in [0.05, 0.1) is 29.4 Å². The lowest BCUT2D eigenvalue weighted by molar-refractivity contribution is 0.0941. The van der Waals surface area contributed by atoms with E-state index >= 15 is 0 Å². The molecule has 1 saturated carbocycles. The fourth-order valence-electron chi connectivity index (χ4n) is 8.81. The van der Waals surface area contributed by atoms with Gasteiger partial charge in [0.15, 0.2) is 0 Å². The monoisotopic (exact) mass is 870 g/mol. The first kappa shape index (κ1) is 41.0. The average molecular weight is 872 g/mol. The number of ether oxygens (including phenoxy) is 2. The number of rotatable bonds is 13. The highest BCUT2D eigenvalue weighted by Crippen LogP contribution is 2.52. The standard InChI is InChI=1S/C49H55BrN4O4Si/c1-35(56-5)45-42(30-38(32-51-45)53-25-27-54(28-26-53)47(55)57-33-36-15-9-6-10-16-36)46-43(41-29-37(50)21-22-44(41)52-46)31-49(23-24-49)34-58-59(48(2,3)4,39-17-11-7-12-18-39)40-19-13-8-14-20-40/h6-22,29-30,32,35,52H,23-28,31,33-34H2,1-5H3/t35-/m0/s1. The van der Waals surface area contributed by atoms with Crippen LogP contribution in [0.3, 0.4) is 0 Å². The number of fused-ring (bicyclic) bond motifs is 1. The van der Waals surface area contributed by atoms with Crippen molar-refractivity contribution in [3.05, 3.63) is 143 Å². The summed E-state index contributed by atoms with van der Waals surface area (Å²) in [6.07, 6.45) is 4.52. The normalized spacial score (nSPS) is 16.0. The van der Waals surface area contributed by atoms with E-state index in [-0.39, 0.29) is 29.3 Å². The van der Waals surface area contributed by atoms with Crippen molar-refractivity contribution < 1.29 is 18.7 Å². The molecule has 0 unspecified atom stereocenters. The van der Waals surface area contributed by atoms with Crippen LogP contribution < -0.4 is 15.3 Å². The number of anilines is 1. The number of hydrogen-bond donors (Lipinski definition) is 1. The first-order chi connectivity index (χ1) is 28.5. The minimum absolute atomic E-state index is 0.0111. The molecule has 2 aliphatic rings. The molecule has 0 bridgehead atoms. The Bertz CT molecular complexity index is 2330. The van der Waals surface area contributed by atoms with Crippen LogP contribution >= 0.6 is 15.9 Å². The largest absolute Gasteiger partial charge is 0.445 e. The molecule has 59 heavy (non-hydrogen) atoms. The summed E-state index contributed by atoms with van der Waals surface area (Å²) in [7, 11) is -0.987. The predicted molar refractivity (Wildman–Crippen MR) is 244 cm³/mol. The summed E-state index contributed by atoms with van der Waals surface area (Å²) in [5.41, 5.74) is 7.35. The molecule has 1 atom stereocenters. The van der Waals surface area contributed by atoms with E-state index in [0.717, 1.165) is 57.5 Å². The number of methoxy groups -OCH3 is 1. The van der Waals surface area contributed by atoms with Gasteiger partial charge in [0.1, 0.15) is 6.61 Å². The van der Waals surface area contributed by atoms with Crippen LogP contribution in [0.15, 0.2) is 126 Å². The minimum Gasteiger partial charge on any atom is -0.445 e. The lowest BCUT2D eigenvalue weighted by Gasteiger charge is -2.44. The quantitative estimate of drug-likeness (QED) is 0.117. The van der Waals surface area contributed by atoms with Gasteiger partial charge in [0.2, 0.25) is 0 Å². The molecular formula is C49H55BrN4O4Si. The van der Waals surface area contributed by atoms with Crippen molar-refractivity contribution in [2.75, 3.05) is 44.8 Å². The number of benzene rings is 4. The lowest BCUT2D eigenvalue weighted by atomic mass is 9.92. The smallest absolute Gasteiger partial charge is 0.410 e. The fraction of sp³-hybridized carbons (Fsp3) is 0.347. The van der Waals surface area contributed by atoms with Crippen LogP contribution in [-0.2, 0) is 26.9 Å². The summed E-state index contributed by atoms with van der Waals surface area (Å²) in [5, 5.41) is 3.71. The molecule has 8 rings (SSSR count). The zero-order chi connectivity index (χ0) is 41.2. The van der Waals surface area contributed by atoms with E-state index in [0.29, 0.717) is 32.8 Å². The number of pyridine rings is 1. The Morgan fingerprint density at radius 1 is 0.881 bits per heavy atom. The van der Waals surface area contributed by atoms with E-state index in [4.69, 9.17) is 18.9 Å². The molecule has 6 aromatic rings. The highest BCUT2D eigenvalue weighted by molar-refractivity contribution is 9.10. The van der Waals surface area contributed by atoms with Crippen LogP contribution in [0.5, 0.6) is 0 Å². The van der Waals surface area contributed by atoms with E-state index < -0.39 is 8.32 Å². The molecule has 4 aromatic carbocycles. The van der Waals surface area contributed by atoms with E-state index in [9.17, 15) is 4.79 Å². The van der Waals surface area contributed by atoms with E-state index in [1.807, 2.05) is 36.5 Å². The van der Waals surface area contributed by atoms with Crippen LogP contribution in [0.25, 0.3) is 22.2 Å². The number of aromatic nitrogens is 2. The van der Waals surface area contributed by atoms with Gasteiger partial charge in [-0.05, 0) is 82.4 Å². The summed E-state index contributed by atoms with van der Waals surface area (Å²) in [5.74, 6) is 0. The van der Waals surface area contributed by atoms with Gasteiger partial charge in [-0.25, -0.2) is 4.79 Å². The van der Waals surface area contributed by atoms with Crippen LogP contribution in [0, 0.1) is 5.41 Å². The molecule has 2 aromatic heterocycles. The van der Waals surface area contributed by atoms with Gasteiger partial charge in [0.25, 0.3) is 8.32 Å². The molecular weight excluding hydrogens is 817 g/mol. The maximum absolute atomic E-state index is 13.0. The molecule has 1 amide bonds. The van der Waals surface area contributed by atoms with Gasteiger partial charge in [-0.1, -0.05) is 128 Å². The molecule has 1 aliphatic heterocycles. The van der Waals surface area contributed by atoms with Crippen molar-refractivity contribution in [3.8, 4) is 11.3 Å². The Morgan fingerprint density at radius 2 is 1.51 bits per heavy atom. The summed E-state index contributed by atoms with van der Waals surface area (Å²) in [4.78, 5) is 26.1. The molecule has 306 valence electrons. The second-order valence-corrected chi connectivity index (χ2v) is 22.5. The minimum atomic E-state index is -2.73. The molecule has 1 saturated heterocycles. The van der Waals surface area contributed by atoms with Crippen LogP contribution in [0.2, 0.25) is 5.04 Å². The zero-order valence-electron chi connectivity index (χ0n) is 34.8. The van der Waals surface area contributed by atoms with Gasteiger partial charge < -0.3 is 28.7 Å². The van der Waals surface area contributed by atoms with Gasteiger partial charge in [-0.3, -0.25) is 4.98 Å². The third-order valence-electron chi connectivity index (χ3n) is 12.4. The molecule has 3 heterocycles. The van der Waals surface area contributed by atoms with Crippen molar-refractivity contribution in [1.29, 1.82) is 0 Å². The summed E-state index contributed by atoms with van der Waals surface area (Å²) < 4.78 is 20.3. The van der Waals surface area contributed by atoms with Crippen molar-refractivity contribution >= 4 is 57.3 Å². The van der Waals surface area contributed by atoms with Crippen LogP contribution in [0.1, 0.15) is 63.5 Å². The Morgan fingerprint density at radius 3 is 2.10 bits per heavy atom. The molecule has 1 N–H and O–H groups in total. The number of H-pyrrole nitrogens is 1. The van der Waals surface area contributed by atoms with E-state index in [1.54, 1.807) is 12.0 Å². The van der Waals surface area contributed by atoms with E-state index in [2.05, 4.69) is 138 Å². The zero-order valence-corrected chi connectivity index (χ0v) is 37.4. The molecule has 0 spiro atoms. The maximum Gasteiger partial charge on any atom is 0.410 e. The number of carbonyl (C=O) groups is 1. The van der Waals surface area contributed by atoms with Crippen molar-refractivity contribution in [2.45, 2.75) is 64.7 Å². The molecule has 1 aliphatic carbocycles. The van der Waals surface area contributed by atoms with E-state index in [1.165, 1.54) is 21.3 Å². The number of hydrogen-bond acceptors (Lipinski definition) is 6. The highest BCUT2D eigenvalue weighted by atomic mass is 79.9. The number of piperazine rings is 1. The number of aromatic amines is 1. The van der Waals surface area contributed by atoms with Crippen LogP contribution in [-0.4, -0.2) is 69.2 Å². The number of nitrogens with zero attached hydrogens (tertiary/aromatic N) is 3. The molecule has 0 radical (unpaired) electrons. The summed E-state index contributed by atoms with van der Waals surface area (Å²) in [6, 6.07) is 40.5. The average Bonchev–Trinajstić information content (AvgIpc) is 3.95. The van der Waals surface area contributed by atoms with Crippen molar-refractivity contribution in [2.24, 2.45) is 5.41 Å². The first-order valence-electron chi connectivity index (χ1n) is 20.8. The molecule has 8 nitrogen and oxygen atoms in total. The third-order valence-corrected chi connectivity index (χ3v) is 17.9. The third kappa shape index (κ3) is 8.51. The second-order valence-electron chi connectivity index (χ2n) is 17.3. The number of halogens is 1. The molecule has 10 heteroatoms. The maximum atomic E-state index is 13.0. The Labute approximate surface area is 358 Å². The second kappa shape index (κ2) is 17.1. The SMILES string of the molecule is CO[C@@H](C)c1ncc(N2CCN(C(=O)OCc3ccccc3)CC2)cc1-c1[nH]c2ccc(Br)cc2c1CC1(CO[Si](c2ccccc2)(c2ccccc2)C(C)(C)C)CC1. The van der Waals surface area contributed by atoms with Gasteiger partial charge in [0, 0.05) is 60.8 Å². The predicted octanol–water partition coefficient (Wildman–Crippen LogP) is 10.1. The summed E-state index contributed by atoms with van der Waals surface area (Å²) in [6.45, 7) is 12.5. The molecule has 2 fully saturated rings. The fourth-order valence-corrected chi connectivity index (χ4v) is 13.9. The van der Waals surface area contributed by atoms with Gasteiger partial charge >= 0.3 is 6.09 Å². The Kier molecular flexibility index (Phi) is 11.9. The van der Waals surface area contributed by atoms with Crippen LogP contribution in [0.4, 0.5) is 10.5 Å². The lowest BCUT2D eigenvalue weighted by Crippen LogP contribution is -2.67. The van der Waals surface area contributed by atoms with Gasteiger partial charge in [-0.15, -0.1) is 0 Å². The van der Waals surface area contributed by atoms with Crippen molar-refractivity contribution in [1.82, 2.24) is 14.9 Å². The first-order valence-corrected chi connectivity index (χ1v) is 23.5. The number of amides is 1. The summed E-state index contributed by atoms with van der Waals surface area (Å²) >= 11 is 3.80.